The number of anilines is 2. The zero-order chi connectivity index (χ0) is 28.9. The summed E-state index contributed by atoms with van der Waals surface area (Å²) < 4.78 is 24.4. The Kier molecular flexibility index (Phi) is 18.5. The molecule has 232 valence electrons. The minimum absolute atomic E-state index is 0.0676. The fourth-order valence-electron chi connectivity index (χ4n) is 5.22. The highest BCUT2D eigenvalue weighted by Gasteiger charge is 2.27. The van der Waals surface area contributed by atoms with Gasteiger partial charge in [0.2, 0.25) is 5.95 Å². The van der Waals surface area contributed by atoms with E-state index in [-0.39, 0.29) is 17.4 Å². The van der Waals surface area contributed by atoms with Crippen molar-refractivity contribution in [3.63, 3.8) is 0 Å². The van der Waals surface area contributed by atoms with Crippen molar-refractivity contribution >= 4 is 19.2 Å². The van der Waals surface area contributed by atoms with Crippen LogP contribution in [0.1, 0.15) is 121 Å². The quantitative estimate of drug-likeness (QED) is 0.0658. The van der Waals surface area contributed by atoms with Gasteiger partial charge in [0.25, 0.3) is 5.56 Å². The van der Waals surface area contributed by atoms with Crippen molar-refractivity contribution in [2.75, 3.05) is 56.7 Å². The van der Waals surface area contributed by atoms with Crippen molar-refractivity contribution < 1.29 is 18.7 Å². The van der Waals surface area contributed by atoms with Crippen LogP contribution in [0.2, 0.25) is 0 Å². The first-order chi connectivity index (χ1) is 19.5. The Bertz CT molecular complexity index is 900. The molecular formula is C29H56N5O5P. The van der Waals surface area contributed by atoms with Gasteiger partial charge in [0.15, 0.2) is 0 Å². The van der Waals surface area contributed by atoms with Crippen molar-refractivity contribution in [1.29, 1.82) is 0 Å². The molecule has 0 aliphatic carbocycles. The molecule has 40 heavy (non-hydrogen) atoms. The van der Waals surface area contributed by atoms with Gasteiger partial charge in [-0.15, -0.1) is 0 Å². The zero-order valence-electron chi connectivity index (χ0n) is 24.9. The lowest BCUT2D eigenvalue weighted by Gasteiger charge is -2.18. The van der Waals surface area contributed by atoms with Gasteiger partial charge in [0, 0.05) is 25.6 Å². The number of rotatable bonds is 26. The van der Waals surface area contributed by atoms with E-state index in [9.17, 15) is 9.36 Å². The van der Waals surface area contributed by atoms with Gasteiger partial charge in [-0.25, -0.2) is 4.98 Å². The summed E-state index contributed by atoms with van der Waals surface area (Å²) in [5.41, 5.74) is 6.65. The zero-order valence-corrected chi connectivity index (χ0v) is 25.8. The number of aliphatic hydroxyl groups is 1. The van der Waals surface area contributed by atoms with Crippen LogP contribution in [0.25, 0.3) is 0 Å². The van der Waals surface area contributed by atoms with Crippen LogP contribution < -0.4 is 21.9 Å². The lowest BCUT2D eigenvalue weighted by molar-refractivity contribution is 0.207. The molecule has 0 spiro atoms. The van der Waals surface area contributed by atoms with E-state index in [2.05, 4.69) is 20.6 Å². The Morgan fingerprint density at radius 3 is 2.08 bits per heavy atom. The first-order valence-electron chi connectivity index (χ1n) is 15.8. The molecule has 11 heteroatoms. The lowest BCUT2D eigenvalue weighted by atomic mass is 10.0. The van der Waals surface area contributed by atoms with E-state index in [0.29, 0.717) is 63.4 Å². The first-order valence-corrected chi connectivity index (χ1v) is 17.5. The summed E-state index contributed by atoms with van der Waals surface area (Å²) >= 11 is 0. The third-order valence-corrected chi connectivity index (χ3v) is 9.56. The van der Waals surface area contributed by atoms with E-state index in [1.165, 1.54) is 77.0 Å². The molecule has 0 bridgehead atoms. The second-order valence-electron chi connectivity index (χ2n) is 11.0. The molecule has 2 heterocycles. The standard InChI is InChI=1S/C29H56N5O5P/c1-2-38-40(37,22-18-19-31-23-25-24-32-27-26(25)33-29(30)34-28(27)36)39-21-17-15-13-11-9-7-5-3-4-6-8-10-12-14-16-20-35/h25,31-32,35H,2-24H2,1H3,(H3,30,33,34,36). The summed E-state index contributed by atoms with van der Waals surface area (Å²) in [5, 5.41) is 15.3. The number of hydrogen-bond acceptors (Lipinski definition) is 9. The number of nitrogens with two attached hydrogens (primary N) is 1. The van der Waals surface area contributed by atoms with Gasteiger partial charge in [-0.1, -0.05) is 83.5 Å². The molecule has 0 radical (unpaired) electrons. The highest BCUT2D eigenvalue weighted by atomic mass is 31.2. The van der Waals surface area contributed by atoms with Crippen molar-refractivity contribution in [2.24, 2.45) is 0 Å². The number of H-pyrrole nitrogens is 1. The summed E-state index contributed by atoms with van der Waals surface area (Å²) in [6.07, 6.45) is 19.6. The summed E-state index contributed by atoms with van der Waals surface area (Å²) in [5.74, 6) is 0.199. The van der Waals surface area contributed by atoms with Crippen LogP contribution in [0.3, 0.4) is 0 Å². The summed E-state index contributed by atoms with van der Waals surface area (Å²) in [6, 6.07) is 0. The molecule has 6 N–H and O–H groups in total. The first kappa shape index (κ1) is 34.7. The van der Waals surface area contributed by atoms with E-state index < -0.39 is 7.60 Å². The molecule has 0 saturated heterocycles. The summed E-state index contributed by atoms with van der Waals surface area (Å²) in [6.45, 7) is 5.01. The fourth-order valence-corrected chi connectivity index (χ4v) is 6.90. The van der Waals surface area contributed by atoms with Crippen molar-refractivity contribution in [2.45, 2.75) is 116 Å². The van der Waals surface area contributed by atoms with Crippen LogP contribution in [0.5, 0.6) is 0 Å². The summed E-state index contributed by atoms with van der Waals surface area (Å²) in [4.78, 5) is 18.8. The second kappa shape index (κ2) is 21.3. The van der Waals surface area contributed by atoms with Gasteiger partial charge >= 0.3 is 7.60 Å². The monoisotopic (exact) mass is 585 g/mol. The molecular weight excluding hydrogens is 529 g/mol. The minimum Gasteiger partial charge on any atom is -0.396 e. The molecule has 10 nitrogen and oxygen atoms in total. The van der Waals surface area contributed by atoms with Crippen LogP contribution in [0.15, 0.2) is 4.79 Å². The number of nitrogens with zero attached hydrogens (tertiary/aromatic N) is 1. The smallest absolute Gasteiger partial charge is 0.330 e. The van der Waals surface area contributed by atoms with Crippen molar-refractivity contribution in [3.05, 3.63) is 16.0 Å². The number of aromatic amines is 1. The average molecular weight is 586 g/mol. The Labute approximate surface area is 241 Å². The number of fused-ring (bicyclic) bond motifs is 1. The molecule has 1 aromatic heterocycles. The van der Waals surface area contributed by atoms with Crippen LogP contribution in [0.4, 0.5) is 11.6 Å². The number of hydrogen-bond donors (Lipinski definition) is 5. The number of unbranched alkanes of at least 4 members (excludes halogenated alkanes) is 14. The maximum absolute atomic E-state index is 13.1. The van der Waals surface area contributed by atoms with E-state index in [4.69, 9.17) is 19.9 Å². The number of aliphatic hydroxyl groups excluding tert-OH is 1. The predicted octanol–water partition coefficient (Wildman–Crippen LogP) is 5.93. The van der Waals surface area contributed by atoms with Crippen LogP contribution in [-0.4, -0.2) is 60.7 Å². The Hall–Kier alpha value is -1.45. The highest BCUT2D eigenvalue weighted by Crippen LogP contribution is 2.48. The Balaban J connectivity index is 1.44. The third kappa shape index (κ3) is 14.4. The van der Waals surface area contributed by atoms with Crippen molar-refractivity contribution in [1.82, 2.24) is 15.3 Å². The van der Waals surface area contributed by atoms with Gasteiger partial charge in [0.05, 0.1) is 25.1 Å². The maximum atomic E-state index is 13.1. The molecule has 1 aromatic rings. The van der Waals surface area contributed by atoms with E-state index in [1.807, 2.05) is 6.92 Å². The van der Waals surface area contributed by atoms with E-state index >= 15 is 0 Å². The Morgan fingerprint density at radius 2 is 1.50 bits per heavy atom. The largest absolute Gasteiger partial charge is 0.396 e. The molecule has 2 rings (SSSR count). The predicted molar refractivity (Wildman–Crippen MR) is 164 cm³/mol. The van der Waals surface area contributed by atoms with Gasteiger partial charge in [-0.05, 0) is 32.7 Å². The van der Waals surface area contributed by atoms with Gasteiger partial charge in [-0.2, -0.15) is 0 Å². The summed E-state index contributed by atoms with van der Waals surface area (Å²) in [7, 11) is -3.08. The maximum Gasteiger partial charge on any atom is 0.330 e. The minimum atomic E-state index is -3.08. The van der Waals surface area contributed by atoms with Crippen LogP contribution in [0, 0.1) is 0 Å². The Morgan fingerprint density at radius 1 is 0.925 bits per heavy atom. The van der Waals surface area contributed by atoms with Crippen molar-refractivity contribution in [3.8, 4) is 0 Å². The molecule has 0 fully saturated rings. The van der Waals surface area contributed by atoms with E-state index in [0.717, 1.165) is 19.3 Å². The molecule has 2 atom stereocenters. The normalized spacial score (nSPS) is 16.1. The number of nitrogens with one attached hydrogen (secondary N) is 3. The number of nitrogen functional groups attached to an aromatic ring is 1. The van der Waals surface area contributed by atoms with Gasteiger partial charge in [-0.3, -0.25) is 14.3 Å². The molecule has 1 aliphatic rings. The number of aromatic nitrogens is 2. The third-order valence-electron chi connectivity index (χ3n) is 7.47. The van der Waals surface area contributed by atoms with Gasteiger partial charge < -0.3 is 30.5 Å². The second-order valence-corrected chi connectivity index (χ2v) is 13.1. The molecule has 0 amide bonds. The average Bonchev–Trinajstić information content (AvgIpc) is 3.33. The molecule has 0 aromatic carbocycles. The van der Waals surface area contributed by atoms with E-state index in [1.54, 1.807) is 0 Å². The fraction of sp³-hybridized carbons (Fsp3) is 0.862. The lowest BCUT2D eigenvalue weighted by Crippen LogP contribution is -2.25. The molecule has 2 unspecified atom stereocenters. The SMILES string of the molecule is CCOP(=O)(CCCNCC1CNc2c1nc(N)[nH]c2=O)OCCCCCCCCCCCCCCCCCO. The topological polar surface area (TPSA) is 152 Å². The van der Waals surface area contributed by atoms with Crippen LogP contribution in [-0.2, 0) is 13.6 Å². The highest BCUT2D eigenvalue weighted by molar-refractivity contribution is 7.53. The molecule has 0 saturated carbocycles. The molecule has 1 aliphatic heterocycles. The van der Waals surface area contributed by atoms with Gasteiger partial charge in [0.1, 0.15) is 5.69 Å². The van der Waals surface area contributed by atoms with Crippen LogP contribution >= 0.6 is 7.60 Å².